The summed E-state index contributed by atoms with van der Waals surface area (Å²) in [5.74, 6) is -9.95. The second-order valence-electron chi connectivity index (χ2n) is 23.1. The van der Waals surface area contributed by atoms with Gasteiger partial charge in [-0.1, -0.05) is 188 Å². The third-order valence-electron chi connectivity index (χ3n) is 15.4. The van der Waals surface area contributed by atoms with E-state index in [1.54, 1.807) is 54.6 Å². The molecule has 0 unspecified atom stereocenters. The van der Waals surface area contributed by atoms with Crippen LogP contribution in [0.25, 0.3) is 0 Å². The second kappa shape index (κ2) is 40.9. The van der Waals surface area contributed by atoms with Gasteiger partial charge in [-0.05, 0) is 23.1 Å². The van der Waals surface area contributed by atoms with Crippen LogP contribution in [0.1, 0.15) is 167 Å². The fraction of sp³-hybridized carbons (Fsp3) is 0.618. The number of aliphatic hydroxyl groups excluding tert-OH is 1. The van der Waals surface area contributed by atoms with Crippen molar-refractivity contribution in [3.63, 3.8) is 0 Å². The van der Waals surface area contributed by atoms with Crippen LogP contribution >= 0.6 is 0 Å². The number of benzene rings is 3. The van der Waals surface area contributed by atoms with Crippen LogP contribution in [0, 0.1) is 0 Å². The number of ether oxygens (including phenoxy) is 12. The summed E-state index contributed by atoms with van der Waals surface area (Å²) in [6, 6.07) is 23.8. The number of rotatable bonds is 41. The number of methoxy groups -OCH3 is 1. The molecule has 0 aliphatic carbocycles. The molecule has 2 fully saturated rings. The summed E-state index contributed by atoms with van der Waals surface area (Å²) in [5.41, 5.74) is 2.04. The predicted octanol–water partition coefficient (Wildman–Crippen LogP) is 8.29. The van der Waals surface area contributed by atoms with Gasteiger partial charge < -0.3 is 72.6 Å². The van der Waals surface area contributed by atoms with E-state index in [0.717, 1.165) is 73.0 Å². The van der Waals surface area contributed by atoms with Crippen LogP contribution in [-0.2, 0) is 115 Å². The Balaban J connectivity index is 1.52. The fourth-order valence-electron chi connectivity index (χ4n) is 11.0. The van der Waals surface area contributed by atoms with E-state index in [2.05, 4.69) is 17.6 Å². The summed E-state index contributed by atoms with van der Waals surface area (Å²) >= 11 is 0. The van der Waals surface area contributed by atoms with Crippen molar-refractivity contribution < 1.29 is 100 Å². The van der Waals surface area contributed by atoms with E-state index in [-0.39, 0.29) is 32.8 Å². The standard InChI is InChI=1S/C68H96N2O21/c1-8-9-10-11-12-13-14-15-16-17-18-19-20-21-31-38-58(76)70-54(65(78)84-42-53-36-29-24-30-37-53)43-85-66-64(83-41-52-34-27-23-28-35-52)63(60(77)56(89-66)44-81-40-51-32-25-22-26-33-51)91-68(67(79)80-7)39-55(86-48(4)73)59(69-46(2)71)62(90-68)61(88-50(6)75)57(87-49(5)74)45-82-47(3)72/h22-30,32-37,54-57,59-64,66,77H,8-21,31,38-45H2,1-7H3,(H,69,71)(H,70,76)/t54-,55-,56+,57+,59+,60-,61+,62+,63-,64+,66+,68-/m0/s1. The van der Waals surface area contributed by atoms with E-state index >= 15 is 0 Å². The van der Waals surface area contributed by atoms with Gasteiger partial charge in [0, 0.05) is 41.0 Å². The van der Waals surface area contributed by atoms with Crippen LogP contribution in [0.5, 0.6) is 0 Å². The molecule has 2 amide bonds. The molecule has 23 heteroatoms. The molecule has 2 saturated heterocycles. The first-order chi connectivity index (χ1) is 43.8. The molecule has 2 aliphatic heterocycles. The van der Waals surface area contributed by atoms with Gasteiger partial charge in [0.1, 0.15) is 49.8 Å². The lowest BCUT2D eigenvalue weighted by Crippen LogP contribution is -2.71. The van der Waals surface area contributed by atoms with Crippen LogP contribution in [-0.4, -0.2) is 153 Å². The molecule has 0 radical (unpaired) electrons. The summed E-state index contributed by atoms with van der Waals surface area (Å²) in [7, 11) is 0.986. The molecule has 0 spiro atoms. The fourth-order valence-corrected chi connectivity index (χ4v) is 11.0. The minimum atomic E-state index is -2.88. The van der Waals surface area contributed by atoms with Crippen molar-refractivity contribution in [3.05, 3.63) is 108 Å². The first-order valence-electron chi connectivity index (χ1n) is 31.9. The number of nitrogens with one attached hydrogen (secondary N) is 2. The molecule has 3 aromatic rings. The number of esters is 6. The van der Waals surface area contributed by atoms with Crippen LogP contribution < -0.4 is 10.6 Å². The molecule has 504 valence electrons. The minimum absolute atomic E-state index is 0.0268. The van der Waals surface area contributed by atoms with Gasteiger partial charge in [-0.3, -0.25) is 28.8 Å². The van der Waals surface area contributed by atoms with Gasteiger partial charge in [0.05, 0.1) is 46.0 Å². The van der Waals surface area contributed by atoms with Gasteiger partial charge in [0.15, 0.2) is 24.5 Å². The lowest BCUT2D eigenvalue weighted by molar-refractivity contribution is -0.376. The van der Waals surface area contributed by atoms with E-state index in [1.807, 2.05) is 36.4 Å². The zero-order chi connectivity index (χ0) is 66.0. The average molecular weight is 1280 g/mol. The molecule has 2 heterocycles. The van der Waals surface area contributed by atoms with Gasteiger partial charge >= 0.3 is 35.8 Å². The number of hydrogen-bond acceptors (Lipinski definition) is 21. The average Bonchev–Trinajstić information content (AvgIpc) is 0.785. The lowest BCUT2D eigenvalue weighted by Gasteiger charge is -2.51. The van der Waals surface area contributed by atoms with Crippen molar-refractivity contribution in [1.29, 1.82) is 0 Å². The van der Waals surface area contributed by atoms with Crippen molar-refractivity contribution in [1.82, 2.24) is 10.6 Å². The Kier molecular flexibility index (Phi) is 33.6. The number of hydrogen-bond donors (Lipinski definition) is 3. The molecule has 0 saturated carbocycles. The smallest absolute Gasteiger partial charge is 0.366 e. The minimum Gasteiger partial charge on any atom is -0.465 e. The first kappa shape index (κ1) is 74.9. The van der Waals surface area contributed by atoms with Crippen molar-refractivity contribution in [2.75, 3.05) is 26.9 Å². The Bertz CT molecular complexity index is 2670. The van der Waals surface area contributed by atoms with E-state index < -0.39 is 140 Å². The molecular weight excluding hydrogens is 1180 g/mol. The molecule has 12 atom stereocenters. The van der Waals surface area contributed by atoms with Gasteiger partial charge in [-0.15, -0.1) is 0 Å². The molecule has 3 N–H and O–H groups in total. The second-order valence-corrected chi connectivity index (χ2v) is 23.1. The van der Waals surface area contributed by atoms with Crippen molar-refractivity contribution in [2.24, 2.45) is 0 Å². The zero-order valence-electron chi connectivity index (χ0n) is 53.9. The Morgan fingerprint density at radius 1 is 0.615 bits per heavy atom. The summed E-state index contributed by atoms with van der Waals surface area (Å²) in [6.45, 7) is 5.42. The number of unbranched alkanes of at least 4 members (excludes halogenated alkanes) is 14. The molecule has 91 heavy (non-hydrogen) atoms. The maximum absolute atomic E-state index is 14.9. The Labute approximate surface area is 534 Å². The highest BCUT2D eigenvalue weighted by Gasteiger charge is 2.62. The van der Waals surface area contributed by atoms with Gasteiger partial charge in [0.2, 0.25) is 11.8 Å². The molecule has 5 rings (SSSR count). The highest BCUT2D eigenvalue weighted by Crippen LogP contribution is 2.41. The molecule has 3 aromatic carbocycles. The molecule has 23 nitrogen and oxygen atoms in total. The summed E-state index contributed by atoms with van der Waals surface area (Å²) in [6.07, 6.45) is 0.860. The third kappa shape index (κ3) is 26.7. The number of aliphatic hydroxyl groups is 1. The number of carbonyl (C=O) groups is 8. The van der Waals surface area contributed by atoms with Crippen LogP contribution in [0.4, 0.5) is 0 Å². The van der Waals surface area contributed by atoms with Gasteiger partial charge in [-0.2, -0.15) is 0 Å². The lowest BCUT2D eigenvalue weighted by atomic mass is 9.87. The Morgan fingerprint density at radius 2 is 1.15 bits per heavy atom. The molecule has 2 aliphatic rings. The highest BCUT2D eigenvalue weighted by molar-refractivity contribution is 5.84. The predicted molar refractivity (Wildman–Crippen MR) is 329 cm³/mol. The normalized spacial score (nSPS) is 22.2. The van der Waals surface area contributed by atoms with Crippen molar-refractivity contribution in [3.8, 4) is 0 Å². The van der Waals surface area contributed by atoms with Crippen LogP contribution in [0.3, 0.4) is 0 Å². The maximum atomic E-state index is 14.9. The Morgan fingerprint density at radius 3 is 1.67 bits per heavy atom. The summed E-state index contributed by atoms with van der Waals surface area (Å²) in [5, 5.41) is 18.2. The highest BCUT2D eigenvalue weighted by atomic mass is 16.8. The quantitative estimate of drug-likeness (QED) is 0.0273. The topological polar surface area (TPSA) is 292 Å². The largest absolute Gasteiger partial charge is 0.465 e. The van der Waals surface area contributed by atoms with Crippen molar-refractivity contribution >= 4 is 47.6 Å². The van der Waals surface area contributed by atoms with Gasteiger partial charge in [-0.25, -0.2) is 9.59 Å². The number of amides is 2. The molecule has 0 bridgehead atoms. The monoisotopic (exact) mass is 1280 g/mol. The van der Waals surface area contributed by atoms with Crippen LogP contribution in [0.15, 0.2) is 91.0 Å². The van der Waals surface area contributed by atoms with Crippen LogP contribution in [0.2, 0.25) is 0 Å². The molecular formula is C68H96N2O21. The first-order valence-corrected chi connectivity index (χ1v) is 31.9. The maximum Gasteiger partial charge on any atom is 0.366 e. The number of carbonyl (C=O) groups excluding carboxylic acids is 8. The van der Waals surface area contributed by atoms with E-state index in [1.165, 1.54) is 64.2 Å². The zero-order valence-corrected chi connectivity index (χ0v) is 53.9. The summed E-state index contributed by atoms with van der Waals surface area (Å²) < 4.78 is 73.0. The van der Waals surface area contributed by atoms with Gasteiger partial charge in [0.25, 0.3) is 5.79 Å². The van der Waals surface area contributed by atoms with Crippen molar-refractivity contribution in [2.45, 2.75) is 244 Å². The third-order valence-corrected chi connectivity index (χ3v) is 15.4. The summed E-state index contributed by atoms with van der Waals surface area (Å²) in [4.78, 5) is 107. The molecule has 0 aromatic heterocycles. The van der Waals surface area contributed by atoms with E-state index in [4.69, 9.17) is 56.8 Å². The van der Waals surface area contributed by atoms with E-state index in [0.29, 0.717) is 17.5 Å². The Hall–Kier alpha value is -6.86. The SMILES string of the molecule is CCCCCCCCCCCCCCCCCC(=O)N[C@@H](CO[C@@H]1O[C@H](COCc2ccccc2)[C@H](O)[C@H](O[C@]2(C(=O)OC)C[C@H](OC(C)=O)[C@@H](NC(C)=O)[C@H]([C@H](OC(C)=O)[C@@H](COC(C)=O)OC(C)=O)O2)[C@H]1OCc1ccccc1)C(=O)OCc1ccccc1. The van der Waals surface area contributed by atoms with E-state index in [9.17, 15) is 43.5 Å².